The first-order valence-electron chi connectivity index (χ1n) is 8.62. The van der Waals surface area contributed by atoms with Crippen LogP contribution >= 0.6 is 0 Å². The fraction of sp³-hybridized carbons (Fsp3) is 0.500. The predicted molar refractivity (Wildman–Crippen MR) is 87.4 cm³/mol. The zero-order chi connectivity index (χ0) is 15.6. The minimum Gasteiger partial charge on any atom is -0.334 e. The molecule has 1 aliphatic carbocycles. The molecule has 5 heteroatoms. The van der Waals surface area contributed by atoms with E-state index in [9.17, 15) is 4.79 Å². The van der Waals surface area contributed by atoms with Crippen molar-refractivity contribution < 1.29 is 4.79 Å². The van der Waals surface area contributed by atoms with Crippen LogP contribution in [0.25, 0.3) is 5.69 Å². The standard InChI is InChI=1S/C18H22N4O/c23-18(21-12-6-8-14-7-4-5-11-17(14)21)16-13-19-22(20-16)15-9-2-1-3-10-15/h1-3,9-10,13-14,17H,4-8,11-12H2/t14-,17+/m1/s1. The van der Waals surface area contributed by atoms with E-state index in [1.54, 1.807) is 6.20 Å². The van der Waals surface area contributed by atoms with Crippen LogP contribution in [0.3, 0.4) is 0 Å². The Labute approximate surface area is 136 Å². The van der Waals surface area contributed by atoms with E-state index in [2.05, 4.69) is 15.1 Å². The van der Waals surface area contributed by atoms with Crippen molar-refractivity contribution in [2.45, 2.75) is 44.6 Å². The van der Waals surface area contributed by atoms with Gasteiger partial charge in [0.05, 0.1) is 11.9 Å². The SMILES string of the molecule is O=C(c1cnn(-c2ccccc2)n1)N1CCC[C@H]2CCCC[C@@H]21. The highest BCUT2D eigenvalue weighted by Crippen LogP contribution is 2.35. The maximum Gasteiger partial charge on any atom is 0.276 e. The van der Waals surface area contributed by atoms with E-state index in [-0.39, 0.29) is 5.91 Å². The Morgan fingerprint density at radius 1 is 1.04 bits per heavy atom. The van der Waals surface area contributed by atoms with E-state index in [0.717, 1.165) is 25.1 Å². The van der Waals surface area contributed by atoms with Crippen LogP contribution in [-0.4, -0.2) is 38.4 Å². The Bertz CT molecular complexity index is 679. The lowest BCUT2D eigenvalue weighted by atomic mass is 9.78. The van der Waals surface area contributed by atoms with Crippen molar-refractivity contribution in [3.8, 4) is 5.69 Å². The molecule has 23 heavy (non-hydrogen) atoms. The van der Waals surface area contributed by atoms with Gasteiger partial charge in [-0.25, -0.2) is 0 Å². The van der Waals surface area contributed by atoms with Crippen molar-refractivity contribution in [2.24, 2.45) is 5.92 Å². The third-order valence-electron chi connectivity index (χ3n) is 5.20. The molecule has 0 spiro atoms. The molecule has 120 valence electrons. The first-order valence-corrected chi connectivity index (χ1v) is 8.62. The van der Waals surface area contributed by atoms with Gasteiger partial charge < -0.3 is 4.90 Å². The van der Waals surface area contributed by atoms with Gasteiger partial charge >= 0.3 is 0 Å². The molecule has 5 nitrogen and oxygen atoms in total. The number of hydrogen-bond donors (Lipinski definition) is 0. The maximum atomic E-state index is 12.9. The number of aromatic nitrogens is 3. The lowest BCUT2D eigenvalue weighted by molar-refractivity contribution is 0.0385. The summed E-state index contributed by atoms with van der Waals surface area (Å²) in [4.78, 5) is 16.5. The molecule has 1 aliphatic heterocycles. The fourth-order valence-electron chi connectivity index (χ4n) is 4.07. The van der Waals surface area contributed by atoms with Crippen molar-refractivity contribution >= 4 is 5.91 Å². The van der Waals surface area contributed by atoms with Gasteiger partial charge in [0.15, 0.2) is 5.69 Å². The number of hydrogen-bond acceptors (Lipinski definition) is 3. The van der Waals surface area contributed by atoms with Gasteiger partial charge in [0.2, 0.25) is 0 Å². The van der Waals surface area contributed by atoms with Crippen LogP contribution in [0.2, 0.25) is 0 Å². The lowest BCUT2D eigenvalue weighted by Crippen LogP contribution is -2.49. The van der Waals surface area contributed by atoms with Crippen LogP contribution in [0.5, 0.6) is 0 Å². The number of carbonyl (C=O) groups excluding carboxylic acids is 1. The summed E-state index contributed by atoms with van der Waals surface area (Å²) in [6.45, 7) is 0.859. The van der Waals surface area contributed by atoms with E-state index in [0.29, 0.717) is 17.7 Å². The number of piperidine rings is 1. The van der Waals surface area contributed by atoms with Gasteiger partial charge in [0.25, 0.3) is 5.91 Å². The number of fused-ring (bicyclic) bond motifs is 1. The molecule has 2 aromatic rings. The van der Waals surface area contributed by atoms with E-state index in [1.807, 2.05) is 30.3 Å². The highest BCUT2D eigenvalue weighted by atomic mass is 16.2. The van der Waals surface area contributed by atoms with Gasteiger partial charge in [-0.05, 0) is 43.7 Å². The summed E-state index contributed by atoms with van der Waals surface area (Å²) in [6.07, 6.45) is 8.94. The summed E-state index contributed by atoms with van der Waals surface area (Å²) >= 11 is 0. The van der Waals surface area contributed by atoms with Gasteiger partial charge in [-0.1, -0.05) is 31.0 Å². The van der Waals surface area contributed by atoms with Crippen molar-refractivity contribution in [3.63, 3.8) is 0 Å². The van der Waals surface area contributed by atoms with Crippen LogP contribution in [0, 0.1) is 5.92 Å². The second-order valence-electron chi connectivity index (χ2n) is 6.61. The molecule has 0 radical (unpaired) electrons. The lowest BCUT2D eigenvalue weighted by Gasteiger charge is -2.43. The highest BCUT2D eigenvalue weighted by Gasteiger charge is 2.36. The molecule has 0 N–H and O–H groups in total. The summed E-state index contributed by atoms with van der Waals surface area (Å²) in [5.41, 5.74) is 1.33. The molecule has 4 rings (SSSR count). The molecule has 2 aliphatic rings. The van der Waals surface area contributed by atoms with Crippen molar-refractivity contribution in [3.05, 3.63) is 42.2 Å². The van der Waals surface area contributed by atoms with Gasteiger partial charge in [-0.15, -0.1) is 5.10 Å². The fourth-order valence-corrected chi connectivity index (χ4v) is 4.07. The van der Waals surface area contributed by atoms with E-state index >= 15 is 0 Å². The zero-order valence-electron chi connectivity index (χ0n) is 13.3. The summed E-state index contributed by atoms with van der Waals surface area (Å²) in [5.74, 6) is 0.731. The number of likely N-dealkylation sites (tertiary alicyclic amines) is 1. The van der Waals surface area contributed by atoms with Gasteiger partial charge in [-0.2, -0.15) is 9.90 Å². The Morgan fingerprint density at radius 3 is 2.70 bits per heavy atom. The quantitative estimate of drug-likeness (QED) is 0.856. The molecule has 2 fully saturated rings. The minimum atomic E-state index is 0.0452. The molecular weight excluding hydrogens is 288 g/mol. The minimum absolute atomic E-state index is 0.0452. The average Bonchev–Trinajstić information content (AvgIpc) is 3.11. The van der Waals surface area contributed by atoms with Crippen LogP contribution in [-0.2, 0) is 0 Å². The van der Waals surface area contributed by atoms with E-state index < -0.39 is 0 Å². The molecule has 1 amide bonds. The Morgan fingerprint density at radius 2 is 1.83 bits per heavy atom. The molecule has 1 saturated heterocycles. The zero-order valence-corrected chi connectivity index (χ0v) is 13.3. The van der Waals surface area contributed by atoms with Crippen molar-refractivity contribution in [1.82, 2.24) is 19.9 Å². The summed E-state index contributed by atoms with van der Waals surface area (Å²) in [5, 5.41) is 8.67. The molecular formula is C18H22N4O. The second-order valence-corrected chi connectivity index (χ2v) is 6.61. The van der Waals surface area contributed by atoms with Gasteiger partial charge in [0, 0.05) is 12.6 Å². The van der Waals surface area contributed by atoms with Crippen LogP contribution < -0.4 is 0 Å². The number of nitrogens with zero attached hydrogens (tertiary/aromatic N) is 4. The molecule has 1 saturated carbocycles. The van der Waals surface area contributed by atoms with E-state index in [1.165, 1.54) is 30.5 Å². The summed E-state index contributed by atoms with van der Waals surface area (Å²) < 4.78 is 0. The third kappa shape index (κ3) is 2.76. The maximum absolute atomic E-state index is 12.9. The normalized spacial score (nSPS) is 24.3. The average molecular weight is 310 g/mol. The van der Waals surface area contributed by atoms with Gasteiger partial charge in [-0.3, -0.25) is 4.79 Å². The number of benzene rings is 1. The molecule has 0 bridgehead atoms. The van der Waals surface area contributed by atoms with Gasteiger partial charge in [0.1, 0.15) is 0 Å². The molecule has 0 unspecified atom stereocenters. The van der Waals surface area contributed by atoms with Crippen LogP contribution in [0.15, 0.2) is 36.5 Å². The third-order valence-corrected chi connectivity index (χ3v) is 5.20. The molecule has 2 atom stereocenters. The Kier molecular flexibility index (Phi) is 3.85. The van der Waals surface area contributed by atoms with E-state index in [4.69, 9.17) is 0 Å². The molecule has 1 aromatic heterocycles. The van der Waals surface area contributed by atoms with Crippen molar-refractivity contribution in [1.29, 1.82) is 0 Å². The summed E-state index contributed by atoms with van der Waals surface area (Å²) in [7, 11) is 0. The Hall–Kier alpha value is -2.17. The first-order chi connectivity index (χ1) is 11.3. The van der Waals surface area contributed by atoms with Crippen LogP contribution in [0.1, 0.15) is 49.0 Å². The highest BCUT2D eigenvalue weighted by molar-refractivity contribution is 5.92. The topological polar surface area (TPSA) is 51.0 Å². The summed E-state index contributed by atoms with van der Waals surface area (Å²) in [6, 6.07) is 10.1. The molecule has 2 heterocycles. The number of carbonyl (C=O) groups is 1. The smallest absolute Gasteiger partial charge is 0.276 e. The Balaban J connectivity index is 1.56. The van der Waals surface area contributed by atoms with Crippen LogP contribution in [0.4, 0.5) is 0 Å². The second kappa shape index (κ2) is 6.14. The number of rotatable bonds is 2. The number of para-hydroxylation sites is 1. The largest absolute Gasteiger partial charge is 0.334 e. The monoisotopic (exact) mass is 310 g/mol. The first kappa shape index (κ1) is 14.4. The van der Waals surface area contributed by atoms with Crippen molar-refractivity contribution in [2.75, 3.05) is 6.54 Å². The molecule has 1 aromatic carbocycles. The predicted octanol–water partition coefficient (Wildman–Crippen LogP) is 3.06. The number of amides is 1.